The Morgan fingerprint density at radius 1 is 1.30 bits per heavy atom. The van der Waals surface area contributed by atoms with Gasteiger partial charge in [0.1, 0.15) is 17.5 Å². The SMILES string of the molecule is COc1ccc(Cl)cc1NC(=O)[C@H](C)Nc1ccc2c(c1)NC(=O)[C@@H](C)O2. The number of nitrogens with one attached hydrogen (secondary N) is 3. The van der Waals surface area contributed by atoms with Crippen molar-refractivity contribution >= 4 is 40.5 Å². The van der Waals surface area contributed by atoms with Crippen molar-refractivity contribution in [3.05, 3.63) is 41.4 Å². The second-order valence-electron chi connectivity index (χ2n) is 6.16. The van der Waals surface area contributed by atoms with Crippen molar-refractivity contribution in [1.82, 2.24) is 0 Å². The number of rotatable bonds is 5. The van der Waals surface area contributed by atoms with Gasteiger partial charge in [0, 0.05) is 10.7 Å². The lowest BCUT2D eigenvalue weighted by atomic mass is 10.2. The zero-order chi connectivity index (χ0) is 19.6. The van der Waals surface area contributed by atoms with Crippen LogP contribution in [0.25, 0.3) is 0 Å². The molecular formula is C19H20ClN3O4. The fourth-order valence-corrected chi connectivity index (χ4v) is 2.81. The van der Waals surface area contributed by atoms with E-state index in [1.54, 1.807) is 50.2 Å². The van der Waals surface area contributed by atoms with Crippen LogP contribution in [-0.4, -0.2) is 31.1 Å². The summed E-state index contributed by atoms with van der Waals surface area (Å²) in [4.78, 5) is 24.3. The van der Waals surface area contributed by atoms with Crippen molar-refractivity contribution < 1.29 is 19.1 Å². The highest BCUT2D eigenvalue weighted by atomic mass is 35.5. The number of hydrogen-bond acceptors (Lipinski definition) is 5. The highest BCUT2D eigenvalue weighted by Gasteiger charge is 2.24. The number of hydrogen-bond donors (Lipinski definition) is 3. The third-order valence-corrected chi connectivity index (χ3v) is 4.34. The van der Waals surface area contributed by atoms with Crippen molar-refractivity contribution in [1.29, 1.82) is 0 Å². The number of ether oxygens (including phenoxy) is 2. The minimum absolute atomic E-state index is 0.210. The Hall–Kier alpha value is -2.93. The van der Waals surface area contributed by atoms with Gasteiger partial charge in [-0.2, -0.15) is 0 Å². The predicted octanol–water partition coefficient (Wildman–Crippen LogP) is 3.51. The number of amides is 2. The second kappa shape index (κ2) is 7.75. The van der Waals surface area contributed by atoms with Gasteiger partial charge in [0.2, 0.25) is 5.91 Å². The summed E-state index contributed by atoms with van der Waals surface area (Å²) in [6, 6.07) is 9.70. The highest BCUT2D eigenvalue weighted by molar-refractivity contribution is 6.31. The summed E-state index contributed by atoms with van der Waals surface area (Å²) in [5.74, 6) is 0.636. The Kier molecular flexibility index (Phi) is 5.41. The van der Waals surface area contributed by atoms with E-state index in [0.717, 1.165) is 0 Å². The molecule has 142 valence electrons. The number of methoxy groups -OCH3 is 1. The molecule has 3 N–H and O–H groups in total. The van der Waals surface area contributed by atoms with E-state index in [1.165, 1.54) is 7.11 Å². The summed E-state index contributed by atoms with van der Waals surface area (Å²) >= 11 is 5.99. The quantitative estimate of drug-likeness (QED) is 0.728. The van der Waals surface area contributed by atoms with Crippen LogP contribution in [0.3, 0.4) is 0 Å². The van der Waals surface area contributed by atoms with Crippen LogP contribution >= 0.6 is 11.6 Å². The summed E-state index contributed by atoms with van der Waals surface area (Å²) in [5, 5.41) is 9.16. The summed E-state index contributed by atoms with van der Waals surface area (Å²) in [7, 11) is 1.52. The van der Waals surface area contributed by atoms with Crippen LogP contribution in [0.5, 0.6) is 11.5 Å². The van der Waals surface area contributed by atoms with Crippen molar-refractivity contribution in [2.75, 3.05) is 23.1 Å². The number of carbonyl (C=O) groups excluding carboxylic acids is 2. The van der Waals surface area contributed by atoms with Gasteiger partial charge in [0.25, 0.3) is 5.91 Å². The number of fused-ring (bicyclic) bond motifs is 1. The second-order valence-corrected chi connectivity index (χ2v) is 6.60. The first-order valence-corrected chi connectivity index (χ1v) is 8.77. The molecule has 0 spiro atoms. The molecule has 1 aliphatic rings. The Balaban J connectivity index is 1.69. The molecule has 0 saturated heterocycles. The third kappa shape index (κ3) is 4.25. The first-order valence-electron chi connectivity index (χ1n) is 8.40. The number of halogens is 1. The van der Waals surface area contributed by atoms with Gasteiger partial charge in [-0.3, -0.25) is 9.59 Å². The van der Waals surface area contributed by atoms with Crippen molar-refractivity contribution in [2.24, 2.45) is 0 Å². The number of benzene rings is 2. The lowest BCUT2D eigenvalue weighted by Gasteiger charge is -2.24. The van der Waals surface area contributed by atoms with Gasteiger partial charge in [-0.05, 0) is 50.2 Å². The largest absolute Gasteiger partial charge is 0.495 e. The van der Waals surface area contributed by atoms with Crippen LogP contribution < -0.4 is 25.4 Å². The maximum Gasteiger partial charge on any atom is 0.265 e. The van der Waals surface area contributed by atoms with Gasteiger partial charge < -0.3 is 25.4 Å². The van der Waals surface area contributed by atoms with Gasteiger partial charge in [0.15, 0.2) is 6.10 Å². The smallest absolute Gasteiger partial charge is 0.265 e. The van der Waals surface area contributed by atoms with E-state index in [9.17, 15) is 9.59 Å². The van der Waals surface area contributed by atoms with Gasteiger partial charge in [-0.15, -0.1) is 0 Å². The monoisotopic (exact) mass is 389 g/mol. The molecule has 0 fully saturated rings. The molecule has 0 radical (unpaired) electrons. The van der Waals surface area contributed by atoms with E-state index in [2.05, 4.69) is 16.0 Å². The Labute approximate surface area is 162 Å². The Bertz CT molecular complexity index is 887. The minimum Gasteiger partial charge on any atom is -0.495 e. The zero-order valence-corrected chi connectivity index (χ0v) is 15.9. The highest BCUT2D eigenvalue weighted by Crippen LogP contribution is 2.32. The topological polar surface area (TPSA) is 88.7 Å². The minimum atomic E-state index is -0.550. The van der Waals surface area contributed by atoms with Gasteiger partial charge in [-0.1, -0.05) is 11.6 Å². The molecule has 0 saturated carbocycles. The maximum absolute atomic E-state index is 12.5. The van der Waals surface area contributed by atoms with Crippen molar-refractivity contribution in [3.63, 3.8) is 0 Å². The molecule has 0 bridgehead atoms. The molecule has 0 aromatic heterocycles. The molecule has 8 heteroatoms. The third-order valence-electron chi connectivity index (χ3n) is 4.11. The van der Waals surface area contributed by atoms with E-state index < -0.39 is 12.1 Å². The fraction of sp³-hybridized carbons (Fsp3) is 0.263. The van der Waals surface area contributed by atoms with E-state index in [0.29, 0.717) is 33.6 Å². The van der Waals surface area contributed by atoms with E-state index in [-0.39, 0.29) is 11.8 Å². The Morgan fingerprint density at radius 2 is 2.07 bits per heavy atom. The van der Waals surface area contributed by atoms with Crippen molar-refractivity contribution in [2.45, 2.75) is 26.0 Å². The summed E-state index contributed by atoms with van der Waals surface area (Å²) in [5.41, 5.74) is 1.73. The average molecular weight is 390 g/mol. The first-order chi connectivity index (χ1) is 12.9. The standard InChI is InChI=1S/C19H20ClN3O4/c1-10(18(24)22-14-8-12(20)4-6-16(14)26-3)21-13-5-7-17-15(9-13)23-19(25)11(2)27-17/h4-11,21H,1-3H3,(H,22,24)(H,23,25)/t10-,11+/m0/s1. The van der Waals surface area contributed by atoms with E-state index in [4.69, 9.17) is 21.1 Å². The fourth-order valence-electron chi connectivity index (χ4n) is 2.63. The summed E-state index contributed by atoms with van der Waals surface area (Å²) in [6.45, 7) is 3.41. The molecule has 1 heterocycles. The van der Waals surface area contributed by atoms with Gasteiger partial charge in [0.05, 0.1) is 18.5 Å². The Morgan fingerprint density at radius 3 is 2.81 bits per heavy atom. The molecule has 2 aromatic carbocycles. The molecule has 2 atom stereocenters. The molecular weight excluding hydrogens is 370 g/mol. The normalized spacial score (nSPS) is 16.4. The molecule has 2 aromatic rings. The van der Waals surface area contributed by atoms with Crippen LogP contribution in [0.15, 0.2) is 36.4 Å². The summed E-state index contributed by atoms with van der Waals surface area (Å²) < 4.78 is 10.8. The predicted molar refractivity (Wildman–Crippen MR) is 105 cm³/mol. The van der Waals surface area contributed by atoms with E-state index in [1.807, 2.05) is 0 Å². The molecule has 7 nitrogen and oxygen atoms in total. The molecule has 0 aliphatic carbocycles. The van der Waals surface area contributed by atoms with Crippen LogP contribution in [0.2, 0.25) is 5.02 Å². The maximum atomic E-state index is 12.5. The lowest BCUT2D eigenvalue weighted by molar-refractivity contribution is -0.122. The van der Waals surface area contributed by atoms with Crippen molar-refractivity contribution in [3.8, 4) is 11.5 Å². The van der Waals surface area contributed by atoms with Gasteiger partial charge in [-0.25, -0.2) is 0 Å². The first kappa shape index (κ1) is 18.8. The van der Waals surface area contributed by atoms with Crippen LogP contribution in [0.4, 0.5) is 17.1 Å². The molecule has 0 unspecified atom stereocenters. The van der Waals surface area contributed by atoms with Gasteiger partial charge >= 0.3 is 0 Å². The number of anilines is 3. The lowest BCUT2D eigenvalue weighted by Crippen LogP contribution is -2.34. The molecule has 27 heavy (non-hydrogen) atoms. The van der Waals surface area contributed by atoms with Crippen LogP contribution in [0.1, 0.15) is 13.8 Å². The average Bonchev–Trinajstić information content (AvgIpc) is 2.63. The molecule has 3 rings (SSSR count). The molecule has 2 amide bonds. The summed E-state index contributed by atoms with van der Waals surface area (Å²) in [6.07, 6.45) is -0.534. The van der Waals surface area contributed by atoms with E-state index >= 15 is 0 Å². The number of carbonyl (C=O) groups is 2. The molecule has 1 aliphatic heterocycles. The van der Waals surface area contributed by atoms with Crippen LogP contribution in [0, 0.1) is 0 Å². The zero-order valence-electron chi connectivity index (χ0n) is 15.1. The van der Waals surface area contributed by atoms with Crippen LogP contribution in [-0.2, 0) is 9.59 Å².